The SMILES string of the molecule is Cc1cc([N+](=O)[O-])nn1CC(C)c1nc2c3cnn(C)c3ncn2n1. The fourth-order valence-corrected chi connectivity index (χ4v) is 2.77. The van der Waals surface area contributed by atoms with Crippen molar-refractivity contribution in [1.82, 2.24) is 39.1 Å². The summed E-state index contributed by atoms with van der Waals surface area (Å²) < 4.78 is 4.90. The molecule has 1 atom stereocenters. The van der Waals surface area contributed by atoms with Crippen LogP contribution in [0, 0.1) is 17.0 Å². The third kappa shape index (κ3) is 2.40. The number of nitrogens with zero attached hydrogens (tertiary/aromatic N) is 9. The van der Waals surface area contributed by atoms with Crippen LogP contribution in [0.2, 0.25) is 0 Å². The first-order valence-corrected chi connectivity index (χ1v) is 7.66. The topological polar surface area (TPSA) is 122 Å². The van der Waals surface area contributed by atoms with Crippen molar-refractivity contribution in [2.75, 3.05) is 0 Å². The first kappa shape index (κ1) is 15.2. The van der Waals surface area contributed by atoms with Crippen LogP contribution in [0.25, 0.3) is 16.7 Å². The largest absolute Gasteiger partial charge is 0.390 e. The van der Waals surface area contributed by atoms with Crippen LogP contribution in [-0.2, 0) is 13.6 Å². The zero-order valence-corrected chi connectivity index (χ0v) is 13.9. The van der Waals surface area contributed by atoms with E-state index in [1.165, 1.54) is 6.07 Å². The zero-order valence-electron chi connectivity index (χ0n) is 13.9. The van der Waals surface area contributed by atoms with Crippen molar-refractivity contribution in [3.63, 3.8) is 0 Å². The maximum Gasteiger partial charge on any atom is 0.390 e. The maximum absolute atomic E-state index is 10.9. The minimum atomic E-state index is -0.498. The summed E-state index contributed by atoms with van der Waals surface area (Å²) in [6.45, 7) is 4.18. The Balaban J connectivity index is 1.69. The molecule has 0 aliphatic carbocycles. The summed E-state index contributed by atoms with van der Waals surface area (Å²) in [7, 11) is 1.82. The molecule has 4 aromatic heterocycles. The van der Waals surface area contributed by atoms with Crippen molar-refractivity contribution in [3.8, 4) is 0 Å². The van der Waals surface area contributed by atoms with E-state index in [4.69, 9.17) is 0 Å². The van der Waals surface area contributed by atoms with E-state index in [1.807, 2.05) is 14.0 Å². The molecular formula is C14H15N9O2. The Labute approximate surface area is 141 Å². The predicted molar refractivity (Wildman–Crippen MR) is 87.1 cm³/mol. The molecule has 0 saturated carbocycles. The Kier molecular flexibility index (Phi) is 3.23. The average Bonchev–Trinajstić information content (AvgIpc) is 3.25. The lowest BCUT2D eigenvalue weighted by atomic mass is 10.1. The highest BCUT2D eigenvalue weighted by Crippen LogP contribution is 2.21. The second-order valence-electron chi connectivity index (χ2n) is 5.97. The van der Waals surface area contributed by atoms with E-state index in [0.29, 0.717) is 18.0 Å². The third-order valence-electron chi connectivity index (χ3n) is 4.13. The van der Waals surface area contributed by atoms with Gasteiger partial charge in [0.15, 0.2) is 17.1 Å². The molecule has 4 rings (SSSR count). The van der Waals surface area contributed by atoms with Gasteiger partial charge in [-0.1, -0.05) is 6.92 Å². The Morgan fingerprint density at radius 1 is 1.32 bits per heavy atom. The van der Waals surface area contributed by atoms with E-state index in [-0.39, 0.29) is 11.7 Å². The zero-order chi connectivity index (χ0) is 17.7. The summed E-state index contributed by atoms with van der Waals surface area (Å²) in [5.74, 6) is 0.384. The number of aryl methyl sites for hydroxylation is 2. The molecule has 1 unspecified atom stereocenters. The van der Waals surface area contributed by atoms with Gasteiger partial charge >= 0.3 is 5.82 Å². The lowest BCUT2D eigenvalue weighted by Crippen LogP contribution is -2.11. The predicted octanol–water partition coefficient (Wildman–Crippen LogP) is 1.23. The number of aromatic nitrogens is 8. The molecule has 0 bridgehead atoms. The molecule has 0 radical (unpaired) electrons. The van der Waals surface area contributed by atoms with E-state index >= 15 is 0 Å². The number of nitro groups is 1. The Morgan fingerprint density at radius 3 is 2.84 bits per heavy atom. The van der Waals surface area contributed by atoms with Crippen molar-refractivity contribution >= 4 is 22.5 Å². The van der Waals surface area contributed by atoms with Gasteiger partial charge in [0, 0.05) is 13.0 Å². The summed E-state index contributed by atoms with van der Waals surface area (Å²) in [5, 5.41) is 24.4. The highest BCUT2D eigenvalue weighted by molar-refractivity contribution is 5.88. The number of hydrogen-bond donors (Lipinski definition) is 0. The number of fused-ring (bicyclic) bond motifs is 3. The van der Waals surface area contributed by atoms with E-state index in [0.717, 1.165) is 16.7 Å². The first-order valence-electron chi connectivity index (χ1n) is 7.66. The fourth-order valence-electron chi connectivity index (χ4n) is 2.77. The molecule has 11 nitrogen and oxygen atoms in total. The summed E-state index contributed by atoms with van der Waals surface area (Å²) in [6.07, 6.45) is 3.31. The van der Waals surface area contributed by atoms with Crippen LogP contribution in [0.3, 0.4) is 0 Å². The summed E-state index contributed by atoms with van der Waals surface area (Å²) in [5.41, 5.74) is 2.14. The molecule has 0 aromatic carbocycles. The molecule has 128 valence electrons. The minimum Gasteiger partial charge on any atom is -0.358 e. The number of rotatable bonds is 4. The van der Waals surface area contributed by atoms with Crippen molar-refractivity contribution < 1.29 is 4.92 Å². The smallest absolute Gasteiger partial charge is 0.358 e. The van der Waals surface area contributed by atoms with Crippen LogP contribution in [0.5, 0.6) is 0 Å². The van der Waals surface area contributed by atoms with Crippen molar-refractivity contribution in [1.29, 1.82) is 0 Å². The molecule has 0 spiro atoms. The molecular weight excluding hydrogens is 326 g/mol. The van der Waals surface area contributed by atoms with E-state index in [2.05, 4.69) is 25.3 Å². The second-order valence-corrected chi connectivity index (χ2v) is 5.97. The number of hydrogen-bond acceptors (Lipinski definition) is 7. The van der Waals surface area contributed by atoms with Gasteiger partial charge in [-0.3, -0.25) is 4.68 Å². The standard InChI is InChI=1S/C14H15N9O2/c1-8(6-21-9(2)4-11(18-21)23(24)25)12-17-14-10-5-16-20(3)13(10)15-7-22(14)19-12/h4-5,7-8H,6H2,1-3H3. The van der Waals surface area contributed by atoms with E-state index < -0.39 is 4.92 Å². The van der Waals surface area contributed by atoms with Gasteiger partial charge in [-0.25, -0.2) is 14.5 Å². The molecule has 0 saturated heterocycles. The lowest BCUT2D eigenvalue weighted by molar-refractivity contribution is -0.389. The van der Waals surface area contributed by atoms with Gasteiger partial charge in [0.2, 0.25) is 0 Å². The monoisotopic (exact) mass is 341 g/mol. The summed E-state index contributed by atoms with van der Waals surface area (Å²) in [6, 6.07) is 1.45. The van der Waals surface area contributed by atoms with Gasteiger partial charge in [0.05, 0.1) is 35.0 Å². The van der Waals surface area contributed by atoms with Gasteiger partial charge in [0.25, 0.3) is 0 Å². The molecule has 11 heteroatoms. The molecule has 0 fully saturated rings. The highest BCUT2D eigenvalue weighted by Gasteiger charge is 2.21. The molecule has 0 aliphatic rings. The van der Waals surface area contributed by atoms with Gasteiger partial charge in [-0.05, 0) is 11.8 Å². The van der Waals surface area contributed by atoms with Gasteiger partial charge < -0.3 is 10.1 Å². The molecule has 4 heterocycles. The van der Waals surface area contributed by atoms with Crippen LogP contribution >= 0.6 is 0 Å². The normalized spacial score (nSPS) is 12.9. The maximum atomic E-state index is 10.9. The van der Waals surface area contributed by atoms with Crippen molar-refractivity contribution in [2.24, 2.45) is 7.05 Å². The lowest BCUT2D eigenvalue weighted by Gasteiger charge is -2.05. The minimum absolute atomic E-state index is 0.0789. The van der Waals surface area contributed by atoms with Crippen LogP contribution in [-0.4, -0.2) is 44.1 Å². The van der Waals surface area contributed by atoms with Crippen LogP contribution in [0.1, 0.15) is 24.4 Å². The van der Waals surface area contributed by atoms with Crippen LogP contribution < -0.4 is 0 Å². The summed E-state index contributed by atoms with van der Waals surface area (Å²) >= 11 is 0. The Morgan fingerprint density at radius 2 is 2.12 bits per heavy atom. The highest BCUT2D eigenvalue weighted by atomic mass is 16.6. The van der Waals surface area contributed by atoms with Crippen LogP contribution in [0.15, 0.2) is 18.6 Å². The van der Waals surface area contributed by atoms with Crippen molar-refractivity contribution in [2.45, 2.75) is 26.3 Å². The van der Waals surface area contributed by atoms with Gasteiger partial charge in [0.1, 0.15) is 6.33 Å². The van der Waals surface area contributed by atoms with E-state index in [9.17, 15) is 10.1 Å². The Bertz CT molecular complexity index is 1110. The third-order valence-corrected chi connectivity index (χ3v) is 4.13. The fraction of sp³-hybridized carbons (Fsp3) is 0.357. The first-order chi connectivity index (χ1) is 11.9. The quantitative estimate of drug-likeness (QED) is 0.404. The van der Waals surface area contributed by atoms with E-state index in [1.54, 1.807) is 33.3 Å². The van der Waals surface area contributed by atoms with Crippen LogP contribution in [0.4, 0.5) is 5.82 Å². The molecule has 0 aliphatic heterocycles. The molecule has 0 N–H and O–H groups in total. The van der Waals surface area contributed by atoms with Gasteiger partial charge in [-0.15, -0.1) is 5.10 Å². The molecule has 25 heavy (non-hydrogen) atoms. The Hall–Kier alpha value is -3.37. The van der Waals surface area contributed by atoms with Gasteiger partial charge in [-0.2, -0.15) is 9.78 Å². The molecule has 4 aromatic rings. The molecule has 0 amide bonds. The van der Waals surface area contributed by atoms with Crippen molar-refractivity contribution in [3.05, 3.63) is 40.2 Å². The average molecular weight is 341 g/mol. The summed E-state index contributed by atoms with van der Waals surface area (Å²) in [4.78, 5) is 19.3. The second kappa shape index (κ2) is 5.33.